The van der Waals surface area contributed by atoms with Crippen LogP contribution in [0.1, 0.15) is 46.9 Å². The Balaban J connectivity index is 1.54. The number of benzene rings is 3. The standard InChI is InChI=1S/C31H26N2O5/c1-19(2)38-31(37)22-11-9-20(10-12-22)18-33-27(25-8-5-15-32-17-25)26(29(35)30(33)36)28(34)24-14-13-21-6-3-4-7-23(21)16-24/h3-17,19,27,34H,18H2,1-2H3/b28-26-. The molecule has 1 fully saturated rings. The number of fused-ring (bicyclic) bond motifs is 1. The van der Waals surface area contributed by atoms with Gasteiger partial charge in [-0.15, -0.1) is 0 Å². The van der Waals surface area contributed by atoms with E-state index in [1.807, 2.05) is 30.3 Å². The molecule has 1 aliphatic rings. The van der Waals surface area contributed by atoms with Crippen molar-refractivity contribution in [2.75, 3.05) is 0 Å². The largest absolute Gasteiger partial charge is 0.507 e. The molecule has 1 amide bonds. The average molecular weight is 507 g/mol. The number of pyridine rings is 1. The van der Waals surface area contributed by atoms with Crippen molar-refractivity contribution in [1.29, 1.82) is 0 Å². The van der Waals surface area contributed by atoms with E-state index in [2.05, 4.69) is 4.98 Å². The van der Waals surface area contributed by atoms with Crippen molar-refractivity contribution in [3.05, 3.63) is 119 Å². The van der Waals surface area contributed by atoms with Gasteiger partial charge in [-0.1, -0.05) is 54.6 Å². The Bertz CT molecular complexity index is 1560. The Kier molecular flexibility index (Phi) is 6.75. The quantitative estimate of drug-likeness (QED) is 0.162. The van der Waals surface area contributed by atoms with Gasteiger partial charge in [-0.2, -0.15) is 0 Å². The lowest BCUT2D eigenvalue weighted by atomic mass is 9.95. The Morgan fingerprint density at radius 3 is 2.34 bits per heavy atom. The Morgan fingerprint density at radius 2 is 1.66 bits per heavy atom. The number of amides is 1. The lowest BCUT2D eigenvalue weighted by Crippen LogP contribution is -2.29. The maximum Gasteiger partial charge on any atom is 0.338 e. The second-order valence-corrected chi connectivity index (χ2v) is 9.43. The summed E-state index contributed by atoms with van der Waals surface area (Å²) < 4.78 is 5.24. The second kappa shape index (κ2) is 10.3. The van der Waals surface area contributed by atoms with Crippen molar-refractivity contribution in [3.8, 4) is 0 Å². The molecule has 1 atom stereocenters. The van der Waals surface area contributed by atoms with Gasteiger partial charge in [-0.25, -0.2) is 4.79 Å². The van der Waals surface area contributed by atoms with E-state index in [1.54, 1.807) is 74.8 Å². The second-order valence-electron chi connectivity index (χ2n) is 9.43. The van der Waals surface area contributed by atoms with Crippen LogP contribution in [-0.4, -0.2) is 38.8 Å². The lowest BCUT2D eigenvalue weighted by molar-refractivity contribution is -0.140. The van der Waals surface area contributed by atoms with Crippen molar-refractivity contribution in [3.63, 3.8) is 0 Å². The highest BCUT2D eigenvalue weighted by Crippen LogP contribution is 2.40. The van der Waals surface area contributed by atoms with Gasteiger partial charge in [0.2, 0.25) is 0 Å². The van der Waals surface area contributed by atoms with E-state index in [1.165, 1.54) is 4.90 Å². The van der Waals surface area contributed by atoms with Gasteiger partial charge in [0.1, 0.15) is 5.76 Å². The van der Waals surface area contributed by atoms with E-state index in [0.717, 1.165) is 10.8 Å². The maximum atomic E-state index is 13.3. The minimum Gasteiger partial charge on any atom is -0.507 e. The number of aliphatic hydroxyl groups excluding tert-OH is 1. The average Bonchev–Trinajstić information content (AvgIpc) is 3.17. The summed E-state index contributed by atoms with van der Waals surface area (Å²) in [5.41, 5.74) is 2.17. The van der Waals surface area contributed by atoms with Crippen molar-refractivity contribution in [1.82, 2.24) is 9.88 Å². The van der Waals surface area contributed by atoms with Crippen LogP contribution >= 0.6 is 0 Å². The van der Waals surface area contributed by atoms with Gasteiger partial charge < -0.3 is 14.7 Å². The van der Waals surface area contributed by atoms with Crippen molar-refractivity contribution < 1.29 is 24.2 Å². The topological polar surface area (TPSA) is 96.8 Å². The normalized spacial score (nSPS) is 16.8. The molecule has 1 unspecified atom stereocenters. The third-order valence-corrected chi connectivity index (χ3v) is 6.45. The summed E-state index contributed by atoms with van der Waals surface area (Å²) in [6.07, 6.45) is 2.95. The van der Waals surface area contributed by atoms with Gasteiger partial charge in [-0.05, 0) is 60.0 Å². The van der Waals surface area contributed by atoms with E-state index < -0.39 is 23.7 Å². The lowest BCUT2D eigenvalue weighted by Gasteiger charge is -2.25. The van der Waals surface area contributed by atoms with Crippen LogP contribution in [0.25, 0.3) is 16.5 Å². The fraction of sp³-hybridized carbons (Fsp3) is 0.161. The van der Waals surface area contributed by atoms with Crippen LogP contribution < -0.4 is 0 Å². The van der Waals surface area contributed by atoms with Crippen molar-refractivity contribution >= 4 is 34.2 Å². The molecule has 1 N–H and O–H groups in total. The van der Waals surface area contributed by atoms with Crippen LogP contribution in [0.4, 0.5) is 0 Å². The first-order valence-corrected chi connectivity index (χ1v) is 12.3. The Morgan fingerprint density at radius 1 is 0.947 bits per heavy atom. The van der Waals surface area contributed by atoms with Crippen molar-refractivity contribution in [2.24, 2.45) is 0 Å². The predicted octanol–water partition coefficient (Wildman–Crippen LogP) is 5.42. The number of aromatic nitrogens is 1. The number of ketones is 1. The van der Waals surface area contributed by atoms with E-state index >= 15 is 0 Å². The number of hydrogen-bond acceptors (Lipinski definition) is 6. The first kappa shape index (κ1) is 24.9. The number of rotatable bonds is 6. The molecule has 0 radical (unpaired) electrons. The predicted molar refractivity (Wildman–Crippen MR) is 143 cm³/mol. The summed E-state index contributed by atoms with van der Waals surface area (Å²) in [6, 6.07) is 22.5. The number of aliphatic hydroxyl groups is 1. The molecule has 0 bridgehead atoms. The zero-order valence-electron chi connectivity index (χ0n) is 21.0. The van der Waals surface area contributed by atoms with Gasteiger partial charge >= 0.3 is 5.97 Å². The summed E-state index contributed by atoms with van der Waals surface area (Å²) in [4.78, 5) is 44.4. The molecule has 38 heavy (non-hydrogen) atoms. The fourth-order valence-corrected chi connectivity index (χ4v) is 4.64. The molecule has 5 rings (SSSR count). The number of Topliss-reactive ketones (excluding diaryl/α,β-unsaturated/α-hetero) is 1. The van der Waals surface area contributed by atoms with Gasteiger partial charge in [0.15, 0.2) is 0 Å². The molecule has 0 aliphatic carbocycles. The number of carbonyl (C=O) groups is 3. The smallest absolute Gasteiger partial charge is 0.338 e. The van der Waals surface area contributed by atoms with E-state index in [-0.39, 0.29) is 24.0 Å². The Hall–Kier alpha value is -4.78. The molecule has 1 saturated heterocycles. The summed E-state index contributed by atoms with van der Waals surface area (Å²) in [6.45, 7) is 3.65. The SMILES string of the molecule is CC(C)OC(=O)c1ccc(CN2C(=O)C(=O)/C(=C(\O)c3ccc4ccccc4c3)C2c2cccnc2)cc1. The summed E-state index contributed by atoms with van der Waals surface area (Å²) >= 11 is 0. The number of likely N-dealkylation sites (tertiary alicyclic amines) is 1. The molecule has 4 aromatic rings. The molecule has 1 aliphatic heterocycles. The van der Waals surface area contributed by atoms with Crippen LogP contribution in [0.15, 0.2) is 96.8 Å². The first-order chi connectivity index (χ1) is 18.3. The summed E-state index contributed by atoms with van der Waals surface area (Å²) in [5.74, 6) is -2.15. The number of nitrogens with zero attached hydrogens (tertiary/aromatic N) is 2. The minimum absolute atomic E-state index is 0.00964. The van der Waals surface area contributed by atoms with Crippen LogP contribution in [0.2, 0.25) is 0 Å². The molecule has 3 aromatic carbocycles. The summed E-state index contributed by atoms with van der Waals surface area (Å²) in [5, 5.41) is 13.3. The number of ether oxygens (including phenoxy) is 1. The molecular weight excluding hydrogens is 480 g/mol. The highest BCUT2D eigenvalue weighted by molar-refractivity contribution is 6.46. The molecule has 2 heterocycles. The Labute approximate surface area is 220 Å². The van der Waals surface area contributed by atoms with E-state index in [0.29, 0.717) is 22.3 Å². The van der Waals surface area contributed by atoms with Crippen LogP contribution in [0.3, 0.4) is 0 Å². The molecule has 7 nitrogen and oxygen atoms in total. The highest BCUT2D eigenvalue weighted by Gasteiger charge is 2.46. The monoisotopic (exact) mass is 506 g/mol. The zero-order chi connectivity index (χ0) is 26.8. The van der Waals surface area contributed by atoms with Gasteiger partial charge in [-0.3, -0.25) is 14.6 Å². The number of hydrogen-bond donors (Lipinski definition) is 1. The fourth-order valence-electron chi connectivity index (χ4n) is 4.64. The van der Waals surface area contributed by atoms with Gasteiger partial charge in [0, 0.05) is 24.5 Å². The minimum atomic E-state index is -0.833. The molecule has 7 heteroatoms. The first-order valence-electron chi connectivity index (χ1n) is 12.3. The van der Waals surface area contributed by atoms with Gasteiger partial charge in [0.05, 0.1) is 23.3 Å². The zero-order valence-corrected chi connectivity index (χ0v) is 21.0. The molecule has 190 valence electrons. The molecular formula is C31H26N2O5. The third-order valence-electron chi connectivity index (χ3n) is 6.45. The van der Waals surface area contributed by atoms with Gasteiger partial charge in [0.25, 0.3) is 11.7 Å². The van der Waals surface area contributed by atoms with Crippen LogP contribution in [0.5, 0.6) is 0 Å². The number of esters is 1. The maximum absolute atomic E-state index is 13.3. The highest BCUT2D eigenvalue weighted by atomic mass is 16.5. The number of carbonyl (C=O) groups excluding carboxylic acids is 3. The van der Waals surface area contributed by atoms with Crippen molar-refractivity contribution in [2.45, 2.75) is 32.5 Å². The summed E-state index contributed by atoms with van der Waals surface area (Å²) in [7, 11) is 0. The molecule has 1 aromatic heterocycles. The third kappa shape index (κ3) is 4.78. The van der Waals surface area contributed by atoms with Crippen LogP contribution in [-0.2, 0) is 20.9 Å². The molecule has 0 saturated carbocycles. The van der Waals surface area contributed by atoms with E-state index in [9.17, 15) is 19.5 Å². The molecule has 0 spiro atoms. The van der Waals surface area contributed by atoms with Crippen LogP contribution in [0, 0.1) is 0 Å². The van der Waals surface area contributed by atoms with E-state index in [4.69, 9.17) is 4.74 Å².